The maximum Gasteiger partial charge on any atom is 0.258 e. The minimum absolute atomic E-state index is 0.178. The standard InChI is InChI=1S/C17H20N8O2/c1-12-9-15(24(2)3)21-13(20-12)10-18-16(26)11-27-17-6-5-14(22-23-17)25-8-4-7-19-25/h4-9H,10-11H2,1-3H3,(H,18,26). The van der Waals surface area contributed by atoms with Gasteiger partial charge in [-0.1, -0.05) is 0 Å². The molecule has 1 N–H and O–H groups in total. The van der Waals surface area contributed by atoms with E-state index < -0.39 is 0 Å². The van der Waals surface area contributed by atoms with Crippen LogP contribution in [0.25, 0.3) is 5.82 Å². The number of aromatic nitrogens is 6. The Bertz CT molecular complexity index is 894. The third-order valence-electron chi connectivity index (χ3n) is 3.51. The zero-order valence-electron chi connectivity index (χ0n) is 15.3. The summed E-state index contributed by atoms with van der Waals surface area (Å²) < 4.78 is 6.93. The van der Waals surface area contributed by atoms with Crippen LogP contribution in [0, 0.1) is 6.92 Å². The van der Waals surface area contributed by atoms with Crippen molar-refractivity contribution in [3.05, 3.63) is 48.2 Å². The van der Waals surface area contributed by atoms with Crippen molar-refractivity contribution in [1.29, 1.82) is 0 Å². The Morgan fingerprint density at radius 1 is 1.26 bits per heavy atom. The van der Waals surface area contributed by atoms with Gasteiger partial charge in [-0.15, -0.1) is 10.2 Å². The van der Waals surface area contributed by atoms with Gasteiger partial charge in [0.1, 0.15) is 11.6 Å². The van der Waals surface area contributed by atoms with Gasteiger partial charge in [0.25, 0.3) is 5.91 Å². The SMILES string of the molecule is Cc1cc(N(C)C)nc(CNC(=O)COc2ccc(-n3cccn3)nn2)n1. The highest BCUT2D eigenvalue weighted by Gasteiger charge is 2.08. The quantitative estimate of drug-likeness (QED) is 0.643. The number of ether oxygens (including phenoxy) is 1. The summed E-state index contributed by atoms with van der Waals surface area (Å²) in [5, 5.41) is 14.7. The molecule has 1 amide bonds. The van der Waals surface area contributed by atoms with Crippen molar-refractivity contribution < 1.29 is 9.53 Å². The van der Waals surface area contributed by atoms with Crippen molar-refractivity contribution in [2.45, 2.75) is 13.5 Å². The molecule has 0 unspecified atom stereocenters. The normalized spacial score (nSPS) is 10.5. The molecule has 0 aliphatic carbocycles. The van der Waals surface area contributed by atoms with Gasteiger partial charge in [0.15, 0.2) is 12.4 Å². The maximum atomic E-state index is 12.0. The number of carbonyl (C=O) groups is 1. The molecule has 0 saturated carbocycles. The fraction of sp³-hybridized carbons (Fsp3) is 0.294. The van der Waals surface area contributed by atoms with Crippen LogP contribution in [0.4, 0.5) is 5.82 Å². The molecule has 0 atom stereocenters. The fourth-order valence-corrected chi connectivity index (χ4v) is 2.20. The van der Waals surface area contributed by atoms with Crippen molar-refractivity contribution >= 4 is 11.7 Å². The Hall–Kier alpha value is -3.56. The van der Waals surface area contributed by atoms with Crippen LogP contribution in [0.3, 0.4) is 0 Å². The number of hydrogen-bond donors (Lipinski definition) is 1. The summed E-state index contributed by atoms with van der Waals surface area (Å²) in [4.78, 5) is 22.6. The number of hydrogen-bond acceptors (Lipinski definition) is 8. The fourth-order valence-electron chi connectivity index (χ4n) is 2.20. The predicted octanol–water partition coefficient (Wildman–Crippen LogP) is 0.522. The van der Waals surface area contributed by atoms with Crippen LogP contribution in [-0.2, 0) is 11.3 Å². The number of nitrogens with one attached hydrogen (secondary N) is 1. The van der Waals surface area contributed by atoms with Gasteiger partial charge in [-0.05, 0) is 19.1 Å². The van der Waals surface area contributed by atoms with Crippen LogP contribution in [0.15, 0.2) is 36.7 Å². The van der Waals surface area contributed by atoms with Gasteiger partial charge >= 0.3 is 0 Å². The lowest BCUT2D eigenvalue weighted by Crippen LogP contribution is -2.29. The van der Waals surface area contributed by atoms with Gasteiger partial charge in [-0.3, -0.25) is 4.79 Å². The molecule has 3 rings (SSSR count). The molecule has 10 nitrogen and oxygen atoms in total. The molecule has 27 heavy (non-hydrogen) atoms. The summed E-state index contributed by atoms with van der Waals surface area (Å²) in [6.45, 7) is 1.92. The molecule has 3 aromatic rings. The van der Waals surface area contributed by atoms with E-state index in [-0.39, 0.29) is 24.9 Å². The van der Waals surface area contributed by atoms with Gasteiger partial charge in [0.2, 0.25) is 5.88 Å². The Kier molecular flexibility index (Phi) is 5.55. The van der Waals surface area contributed by atoms with Crippen LogP contribution in [0.2, 0.25) is 0 Å². The van der Waals surface area contributed by atoms with E-state index in [9.17, 15) is 4.79 Å². The van der Waals surface area contributed by atoms with Crippen LogP contribution in [0.5, 0.6) is 5.88 Å². The van der Waals surface area contributed by atoms with E-state index in [4.69, 9.17) is 4.74 Å². The smallest absolute Gasteiger partial charge is 0.258 e. The molecule has 0 fully saturated rings. The number of rotatable bonds is 7. The number of amides is 1. The topological polar surface area (TPSA) is 111 Å². The summed E-state index contributed by atoms with van der Waals surface area (Å²) in [5.74, 6) is 1.84. The van der Waals surface area contributed by atoms with Gasteiger partial charge in [0.05, 0.1) is 6.54 Å². The number of aryl methyl sites for hydroxylation is 1. The van der Waals surface area contributed by atoms with Crippen molar-refractivity contribution in [3.8, 4) is 11.7 Å². The molecule has 0 bridgehead atoms. The van der Waals surface area contributed by atoms with Crippen LogP contribution < -0.4 is 15.0 Å². The Morgan fingerprint density at radius 3 is 2.78 bits per heavy atom. The van der Waals surface area contributed by atoms with Crippen LogP contribution in [0.1, 0.15) is 11.5 Å². The van der Waals surface area contributed by atoms with Crippen LogP contribution in [-0.4, -0.2) is 56.6 Å². The minimum Gasteiger partial charge on any atom is -0.466 e. The lowest BCUT2D eigenvalue weighted by molar-refractivity contribution is -0.123. The monoisotopic (exact) mass is 368 g/mol. The Morgan fingerprint density at radius 2 is 2.11 bits per heavy atom. The van der Waals surface area contributed by atoms with E-state index in [1.807, 2.05) is 32.0 Å². The third kappa shape index (κ3) is 4.97. The first-order valence-corrected chi connectivity index (χ1v) is 8.26. The summed E-state index contributed by atoms with van der Waals surface area (Å²) in [5.41, 5.74) is 0.835. The highest BCUT2D eigenvalue weighted by Crippen LogP contribution is 2.09. The van der Waals surface area contributed by atoms with E-state index in [1.165, 1.54) is 0 Å². The summed E-state index contributed by atoms with van der Waals surface area (Å²) >= 11 is 0. The molecule has 0 radical (unpaired) electrons. The van der Waals surface area contributed by atoms with Crippen molar-refractivity contribution in [3.63, 3.8) is 0 Å². The maximum absolute atomic E-state index is 12.0. The zero-order valence-corrected chi connectivity index (χ0v) is 15.3. The lowest BCUT2D eigenvalue weighted by atomic mass is 10.4. The molecular formula is C17H20N8O2. The highest BCUT2D eigenvalue weighted by molar-refractivity contribution is 5.77. The second-order valence-corrected chi connectivity index (χ2v) is 5.92. The van der Waals surface area contributed by atoms with E-state index in [2.05, 4.69) is 30.6 Å². The van der Waals surface area contributed by atoms with E-state index in [0.717, 1.165) is 11.5 Å². The molecular weight excluding hydrogens is 348 g/mol. The predicted molar refractivity (Wildman–Crippen MR) is 97.6 cm³/mol. The van der Waals surface area contributed by atoms with E-state index >= 15 is 0 Å². The minimum atomic E-state index is -0.301. The molecule has 10 heteroatoms. The molecule has 140 valence electrons. The van der Waals surface area contributed by atoms with E-state index in [1.54, 1.807) is 35.3 Å². The Balaban J connectivity index is 1.50. The molecule has 3 aromatic heterocycles. The summed E-state index contributed by atoms with van der Waals surface area (Å²) in [6, 6.07) is 7.00. The van der Waals surface area contributed by atoms with E-state index in [0.29, 0.717) is 11.6 Å². The molecule has 3 heterocycles. The summed E-state index contributed by atoms with van der Waals surface area (Å²) in [7, 11) is 3.80. The number of carbonyl (C=O) groups excluding carboxylic acids is 1. The second-order valence-electron chi connectivity index (χ2n) is 5.92. The lowest BCUT2D eigenvalue weighted by Gasteiger charge is -2.13. The van der Waals surface area contributed by atoms with Crippen molar-refractivity contribution in [2.24, 2.45) is 0 Å². The van der Waals surface area contributed by atoms with Crippen LogP contribution >= 0.6 is 0 Å². The van der Waals surface area contributed by atoms with Gasteiger partial charge in [0, 0.05) is 44.3 Å². The largest absolute Gasteiger partial charge is 0.466 e. The second kappa shape index (κ2) is 8.21. The first-order valence-electron chi connectivity index (χ1n) is 8.26. The average Bonchev–Trinajstić information content (AvgIpc) is 3.19. The summed E-state index contributed by atoms with van der Waals surface area (Å²) in [6.07, 6.45) is 3.41. The Labute approximate surface area is 156 Å². The molecule has 0 spiro atoms. The first kappa shape index (κ1) is 18.2. The molecule has 0 aromatic carbocycles. The molecule has 0 saturated heterocycles. The molecule has 0 aliphatic heterocycles. The van der Waals surface area contributed by atoms with Gasteiger partial charge in [-0.25, -0.2) is 14.6 Å². The van der Waals surface area contributed by atoms with Gasteiger partial charge < -0.3 is 15.0 Å². The number of anilines is 1. The first-order chi connectivity index (χ1) is 13.0. The number of nitrogens with zero attached hydrogens (tertiary/aromatic N) is 7. The zero-order chi connectivity index (χ0) is 19.2. The highest BCUT2D eigenvalue weighted by atomic mass is 16.5. The van der Waals surface area contributed by atoms with Crippen molar-refractivity contribution in [1.82, 2.24) is 35.3 Å². The average molecular weight is 368 g/mol. The van der Waals surface area contributed by atoms with Crippen molar-refractivity contribution in [2.75, 3.05) is 25.6 Å². The van der Waals surface area contributed by atoms with Gasteiger partial charge in [-0.2, -0.15) is 5.10 Å². The molecule has 0 aliphatic rings. The third-order valence-corrected chi connectivity index (χ3v) is 3.51.